The summed E-state index contributed by atoms with van der Waals surface area (Å²) in [7, 11) is 1.40. The van der Waals surface area contributed by atoms with E-state index < -0.39 is 0 Å². The third-order valence-electron chi connectivity index (χ3n) is 5.00. The van der Waals surface area contributed by atoms with Crippen LogP contribution in [0.2, 0.25) is 0 Å². The van der Waals surface area contributed by atoms with Gasteiger partial charge in [0.05, 0.1) is 7.11 Å². The summed E-state index contributed by atoms with van der Waals surface area (Å²) in [6.07, 6.45) is 0. The molecule has 5 nitrogen and oxygen atoms in total. The van der Waals surface area contributed by atoms with Crippen molar-refractivity contribution in [2.45, 2.75) is 6.92 Å². The minimum absolute atomic E-state index is 0.0746. The molecule has 0 saturated carbocycles. The third-order valence-corrected chi connectivity index (χ3v) is 5.50. The Morgan fingerprint density at radius 3 is 1.59 bits per heavy atom. The van der Waals surface area contributed by atoms with Crippen LogP contribution < -0.4 is 13.3 Å². The van der Waals surface area contributed by atoms with E-state index in [1.54, 1.807) is 12.1 Å². The van der Waals surface area contributed by atoms with Gasteiger partial charge in [0.15, 0.2) is 17.2 Å². The summed E-state index contributed by atoms with van der Waals surface area (Å²) in [6.45, 7) is 2.08. The first kappa shape index (κ1) is 23.3. The van der Waals surface area contributed by atoms with Gasteiger partial charge in [-0.05, 0) is 52.7 Å². The molecule has 1 heterocycles. The van der Waals surface area contributed by atoms with Crippen molar-refractivity contribution in [3.05, 3.63) is 109 Å². The Balaban J connectivity index is 0.000000128. The average molecular weight is 473 g/mol. The molecule has 0 saturated heterocycles. The van der Waals surface area contributed by atoms with Crippen molar-refractivity contribution in [1.82, 2.24) is 0 Å². The highest BCUT2D eigenvalue weighted by Gasteiger charge is 2.15. The summed E-state index contributed by atoms with van der Waals surface area (Å²) in [5.41, 5.74) is 1.32. The fraction of sp³-hybridized carbons (Fsp3) is 0.0714. The van der Waals surface area contributed by atoms with E-state index in [4.69, 9.17) is 13.3 Å². The molecular formula is C28H24O5S. The van der Waals surface area contributed by atoms with Crippen LogP contribution in [0.25, 0.3) is 21.5 Å². The molecule has 0 fully saturated rings. The summed E-state index contributed by atoms with van der Waals surface area (Å²) in [5.74, 6) is 2.02. The highest BCUT2D eigenvalue weighted by atomic mass is 32.2. The quantitative estimate of drug-likeness (QED) is 0.162. The molecular weight excluding hydrogens is 448 g/mol. The second kappa shape index (κ2) is 11.3. The lowest BCUT2D eigenvalue weighted by atomic mass is 10.1. The Hall–Kier alpha value is -3.87. The van der Waals surface area contributed by atoms with Gasteiger partial charge >= 0.3 is 0 Å². The van der Waals surface area contributed by atoms with E-state index in [0.29, 0.717) is 5.75 Å². The van der Waals surface area contributed by atoms with Crippen LogP contribution in [0.15, 0.2) is 103 Å². The first-order valence-electron chi connectivity index (χ1n) is 10.6. The van der Waals surface area contributed by atoms with Gasteiger partial charge in [-0.15, -0.1) is 0 Å². The lowest BCUT2D eigenvalue weighted by molar-refractivity contribution is -0.179. The van der Waals surface area contributed by atoms with Gasteiger partial charge in [0.1, 0.15) is 0 Å². The Kier molecular flexibility index (Phi) is 7.75. The van der Waals surface area contributed by atoms with Gasteiger partial charge in [0.2, 0.25) is 5.75 Å². The topological polar surface area (TPSA) is 57.2 Å². The number of fused-ring (bicyclic) bond motifs is 3. The maximum atomic E-state index is 9.53. The van der Waals surface area contributed by atoms with Crippen molar-refractivity contribution in [1.29, 1.82) is 0 Å². The SMILES string of the molecule is COOc1cc2ccccc2cc1O.Cc1ccccc1.c1ccc2cc3c(cc2c1)OSO3. The van der Waals surface area contributed by atoms with Crippen molar-refractivity contribution in [3.8, 4) is 23.0 Å². The fourth-order valence-corrected chi connectivity index (χ4v) is 3.76. The second-order valence-electron chi connectivity index (χ2n) is 7.45. The number of aromatic hydroxyl groups is 1. The minimum Gasteiger partial charge on any atom is -0.504 e. The monoisotopic (exact) mass is 472 g/mol. The van der Waals surface area contributed by atoms with Crippen molar-refractivity contribution in [3.63, 3.8) is 0 Å². The highest BCUT2D eigenvalue weighted by Crippen LogP contribution is 2.41. The van der Waals surface area contributed by atoms with Gasteiger partial charge < -0.3 is 18.4 Å². The molecule has 1 aliphatic heterocycles. The van der Waals surface area contributed by atoms with Crippen molar-refractivity contribution < 1.29 is 23.2 Å². The molecule has 0 unspecified atom stereocenters. The molecule has 5 aromatic rings. The number of hydrogen-bond donors (Lipinski definition) is 1. The molecule has 6 rings (SSSR count). The van der Waals surface area contributed by atoms with Gasteiger partial charge in [0.25, 0.3) is 12.3 Å². The number of rotatable bonds is 2. The lowest BCUT2D eigenvalue weighted by Crippen LogP contribution is -1.90. The number of hydrogen-bond acceptors (Lipinski definition) is 6. The van der Waals surface area contributed by atoms with Crippen LogP contribution in [-0.2, 0) is 4.89 Å². The summed E-state index contributed by atoms with van der Waals surface area (Å²) >= 11 is 1.01. The normalized spacial score (nSPS) is 11.2. The van der Waals surface area contributed by atoms with E-state index in [2.05, 4.69) is 36.1 Å². The van der Waals surface area contributed by atoms with Crippen LogP contribution >= 0.6 is 12.3 Å². The minimum atomic E-state index is 0.0746. The summed E-state index contributed by atoms with van der Waals surface area (Å²) in [5, 5.41) is 13.8. The zero-order chi connectivity index (χ0) is 23.8. The predicted molar refractivity (Wildman–Crippen MR) is 137 cm³/mol. The maximum absolute atomic E-state index is 9.53. The summed E-state index contributed by atoms with van der Waals surface area (Å²) in [6, 6.07) is 33.5. The Morgan fingerprint density at radius 2 is 1.12 bits per heavy atom. The average Bonchev–Trinajstić information content (AvgIpc) is 3.32. The van der Waals surface area contributed by atoms with Crippen LogP contribution in [0.4, 0.5) is 0 Å². The van der Waals surface area contributed by atoms with Gasteiger partial charge in [-0.2, -0.15) is 4.89 Å². The zero-order valence-electron chi connectivity index (χ0n) is 18.8. The molecule has 5 aromatic carbocycles. The molecule has 0 atom stereocenters. The number of phenols is 1. The van der Waals surface area contributed by atoms with E-state index >= 15 is 0 Å². The Bertz CT molecular complexity index is 1330. The van der Waals surface area contributed by atoms with Gasteiger partial charge in [-0.1, -0.05) is 84.4 Å². The summed E-state index contributed by atoms with van der Waals surface area (Å²) < 4.78 is 10.4. The van der Waals surface area contributed by atoms with Crippen LogP contribution in [0, 0.1) is 6.92 Å². The van der Waals surface area contributed by atoms with E-state index in [1.165, 1.54) is 23.4 Å². The molecule has 0 radical (unpaired) electrons. The van der Waals surface area contributed by atoms with Gasteiger partial charge in [-0.3, -0.25) is 0 Å². The van der Waals surface area contributed by atoms with Crippen LogP contribution in [0.5, 0.6) is 23.0 Å². The lowest BCUT2D eigenvalue weighted by Gasteiger charge is -2.05. The molecule has 0 aromatic heterocycles. The number of aryl methyl sites for hydroxylation is 1. The first-order chi connectivity index (χ1) is 16.6. The smallest absolute Gasteiger partial charge is 0.293 e. The second-order valence-corrected chi connectivity index (χ2v) is 7.92. The number of phenolic OH excluding ortho intramolecular Hbond substituents is 1. The third kappa shape index (κ3) is 5.92. The fourth-order valence-electron chi connectivity index (χ4n) is 3.32. The summed E-state index contributed by atoms with van der Waals surface area (Å²) in [4.78, 5) is 9.29. The molecule has 0 spiro atoms. The van der Waals surface area contributed by atoms with E-state index in [9.17, 15) is 5.11 Å². The van der Waals surface area contributed by atoms with Gasteiger partial charge in [0, 0.05) is 0 Å². The van der Waals surface area contributed by atoms with Crippen molar-refractivity contribution in [2.24, 2.45) is 0 Å². The number of benzene rings is 5. The molecule has 1 aliphatic rings. The van der Waals surface area contributed by atoms with Gasteiger partial charge in [-0.25, -0.2) is 0 Å². The van der Waals surface area contributed by atoms with Crippen LogP contribution in [-0.4, -0.2) is 12.2 Å². The predicted octanol–water partition coefficient (Wildman–Crippen LogP) is 7.65. The highest BCUT2D eigenvalue weighted by molar-refractivity contribution is 7.90. The molecule has 6 heteroatoms. The van der Waals surface area contributed by atoms with Crippen molar-refractivity contribution >= 4 is 33.9 Å². The molecule has 0 bridgehead atoms. The Labute approximate surface area is 202 Å². The van der Waals surface area contributed by atoms with E-state index in [1.807, 2.05) is 66.7 Å². The molecule has 1 N–H and O–H groups in total. The molecule has 0 aliphatic carbocycles. The van der Waals surface area contributed by atoms with Crippen molar-refractivity contribution in [2.75, 3.05) is 7.11 Å². The van der Waals surface area contributed by atoms with E-state index in [0.717, 1.165) is 34.6 Å². The van der Waals surface area contributed by atoms with Crippen LogP contribution in [0.1, 0.15) is 5.56 Å². The molecule has 0 amide bonds. The van der Waals surface area contributed by atoms with E-state index in [-0.39, 0.29) is 5.75 Å². The molecule has 34 heavy (non-hydrogen) atoms. The van der Waals surface area contributed by atoms with Crippen LogP contribution in [0.3, 0.4) is 0 Å². The first-order valence-corrected chi connectivity index (χ1v) is 11.3. The Morgan fingerprint density at radius 1 is 0.647 bits per heavy atom. The molecule has 172 valence electrons. The largest absolute Gasteiger partial charge is 0.504 e. The zero-order valence-corrected chi connectivity index (χ0v) is 19.6. The maximum Gasteiger partial charge on any atom is 0.293 e. The standard InChI is InChI=1S/C11H10O3.C10H6O2S.C7H8/c1-13-14-11-7-9-5-3-2-4-8(9)6-10(11)12;1-2-4-8-6-10-9(11-13-12-10)5-7(8)3-1;1-7-5-3-2-4-6-7/h2-7,12H,1H3;1-6H;2-6H,1H3.